The molecule has 0 amide bonds. The normalized spacial score (nSPS) is 10.6. The van der Waals surface area contributed by atoms with Crippen LogP contribution in [0.1, 0.15) is 30.9 Å². The van der Waals surface area contributed by atoms with Crippen LogP contribution in [0.5, 0.6) is 5.75 Å². The molecule has 0 aromatic heterocycles. The first kappa shape index (κ1) is 13.8. The van der Waals surface area contributed by atoms with E-state index in [-0.39, 0.29) is 0 Å². The van der Waals surface area contributed by atoms with E-state index < -0.39 is 10.9 Å². The third-order valence-corrected chi connectivity index (χ3v) is 3.13. The first-order valence-corrected chi connectivity index (χ1v) is 6.88. The molecule has 0 spiro atoms. The van der Waals surface area contributed by atoms with Gasteiger partial charge in [-0.15, -0.1) is 0 Å². The van der Waals surface area contributed by atoms with Gasteiger partial charge in [0, 0.05) is 0 Å². The molecular weight excluding hydrogens is 238 g/mol. The predicted octanol–water partition coefficient (Wildman–Crippen LogP) is 2.42. The summed E-state index contributed by atoms with van der Waals surface area (Å²) in [5.41, 5.74) is 2.49. The van der Waals surface area contributed by atoms with Gasteiger partial charge < -0.3 is 4.74 Å². The molecule has 0 atom stereocenters. The van der Waals surface area contributed by atoms with Crippen LogP contribution in [0, 0.1) is 13.8 Å². The first-order valence-electron chi connectivity index (χ1n) is 5.70. The van der Waals surface area contributed by atoms with Crippen molar-refractivity contribution in [2.24, 2.45) is 0 Å². The van der Waals surface area contributed by atoms with Crippen molar-refractivity contribution < 1.29 is 13.2 Å². The van der Waals surface area contributed by atoms with Crippen LogP contribution in [0.3, 0.4) is 0 Å². The SMILES string of the molecule is CCCCOc1ccc(N[SH](=O)=O)c(C)c1C. The van der Waals surface area contributed by atoms with E-state index in [0.717, 1.165) is 29.7 Å². The number of benzene rings is 1. The van der Waals surface area contributed by atoms with Gasteiger partial charge >= 0.3 is 0 Å². The standard InChI is InChI=1S/C12H19NO3S/c1-4-5-8-16-12-7-6-11(13-17(14)15)9(2)10(12)3/h6-7,17H,4-5,8H2,1-3H3,(H,13,14,15). The zero-order chi connectivity index (χ0) is 12.8. The van der Waals surface area contributed by atoms with E-state index in [4.69, 9.17) is 4.74 Å². The van der Waals surface area contributed by atoms with Gasteiger partial charge in [-0.05, 0) is 43.5 Å². The van der Waals surface area contributed by atoms with Crippen molar-refractivity contribution in [3.8, 4) is 5.75 Å². The van der Waals surface area contributed by atoms with Crippen LogP contribution < -0.4 is 9.46 Å². The lowest BCUT2D eigenvalue weighted by atomic mass is 10.1. The van der Waals surface area contributed by atoms with Gasteiger partial charge in [0.25, 0.3) is 0 Å². The second-order valence-electron chi connectivity index (χ2n) is 3.93. The molecule has 0 saturated heterocycles. The molecule has 0 aliphatic heterocycles. The van der Waals surface area contributed by atoms with Gasteiger partial charge in [0.1, 0.15) is 5.75 Å². The smallest absolute Gasteiger partial charge is 0.222 e. The molecular formula is C12H19NO3S. The molecule has 0 aliphatic rings. The van der Waals surface area contributed by atoms with Crippen LogP contribution >= 0.6 is 0 Å². The summed E-state index contributed by atoms with van der Waals surface area (Å²) in [6, 6.07) is 3.54. The van der Waals surface area contributed by atoms with E-state index in [0.29, 0.717) is 12.3 Å². The van der Waals surface area contributed by atoms with Gasteiger partial charge in [0.05, 0.1) is 12.3 Å². The number of ether oxygens (including phenoxy) is 1. The monoisotopic (exact) mass is 257 g/mol. The molecule has 0 aliphatic carbocycles. The molecule has 4 nitrogen and oxygen atoms in total. The number of rotatable bonds is 6. The van der Waals surface area contributed by atoms with E-state index in [9.17, 15) is 8.42 Å². The van der Waals surface area contributed by atoms with Crippen molar-refractivity contribution in [2.45, 2.75) is 33.6 Å². The van der Waals surface area contributed by atoms with Gasteiger partial charge in [0.15, 0.2) is 0 Å². The van der Waals surface area contributed by atoms with Crippen LogP contribution in [-0.2, 0) is 10.9 Å². The van der Waals surface area contributed by atoms with E-state index in [1.54, 1.807) is 12.1 Å². The Morgan fingerprint density at radius 1 is 1.24 bits per heavy atom. The molecule has 1 aromatic rings. The summed E-state index contributed by atoms with van der Waals surface area (Å²) in [6.07, 6.45) is 2.11. The molecule has 0 heterocycles. The Labute approximate surface area is 104 Å². The molecule has 5 heteroatoms. The topological polar surface area (TPSA) is 55.4 Å². The lowest BCUT2D eigenvalue weighted by molar-refractivity contribution is 0.307. The number of thiol groups is 1. The van der Waals surface area contributed by atoms with E-state index in [1.165, 1.54) is 0 Å². The zero-order valence-electron chi connectivity index (χ0n) is 10.4. The van der Waals surface area contributed by atoms with Gasteiger partial charge in [-0.1, -0.05) is 13.3 Å². The van der Waals surface area contributed by atoms with E-state index in [2.05, 4.69) is 11.6 Å². The summed E-state index contributed by atoms with van der Waals surface area (Å²) in [5.74, 6) is 0.822. The van der Waals surface area contributed by atoms with Crippen LogP contribution in [-0.4, -0.2) is 15.0 Å². The van der Waals surface area contributed by atoms with Crippen molar-refractivity contribution in [1.82, 2.24) is 0 Å². The molecule has 17 heavy (non-hydrogen) atoms. The molecule has 0 unspecified atom stereocenters. The summed E-state index contributed by atoms with van der Waals surface area (Å²) in [6.45, 7) is 6.61. The van der Waals surface area contributed by atoms with Crippen molar-refractivity contribution in [3.63, 3.8) is 0 Å². The largest absolute Gasteiger partial charge is 0.493 e. The highest BCUT2D eigenvalue weighted by Crippen LogP contribution is 2.27. The van der Waals surface area contributed by atoms with Gasteiger partial charge in [-0.2, -0.15) is 0 Å². The number of nitrogens with one attached hydrogen (secondary N) is 1. The minimum atomic E-state index is -2.62. The Hall–Kier alpha value is -1.23. The lowest BCUT2D eigenvalue weighted by Gasteiger charge is -2.13. The maximum atomic E-state index is 10.6. The number of anilines is 1. The Morgan fingerprint density at radius 3 is 2.53 bits per heavy atom. The number of hydrogen-bond donors (Lipinski definition) is 2. The molecule has 0 saturated carbocycles. The van der Waals surface area contributed by atoms with Gasteiger partial charge in [0.2, 0.25) is 10.9 Å². The Morgan fingerprint density at radius 2 is 1.94 bits per heavy atom. The summed E-state index contributed by atoms with van der Waals surface area (Å²) >= 11 is 0. The molecule has 0 fully saturated rings. The predicted molar refractivity (Wildman–Crippen MR) is 70.3 cm³/mol. The molecule has 1 aromatic carbocycles. The average Bonchev–Trinajstić information content (AvgIpc) is 2.28. The Balaban J connectivity index is 2.86. The fourth-order valence-electron chi connectivity index (χ4n) is 1.50. The van der Waals surface area contributed by atoms with Crippen molar-refractivity contribution in [2.75, 3.05) is 11.3 Å². The third kappa shape index (κ3) is 3.93. The summed E-state index contributed by atoms with van der Waals surface area (Å²) in [5, 5.41) is 0. The summed E-state index contributed by atoms with van der Waals surface area (Å²) in [4.78, 5) is 0. The molecule has 96 valence electrons. The fourth-order valence-corrected chi connectivity index (χ4v) is 1.94. The molecule has 1 rings (SSSR count). The first-order chi connectivity index (χ1) is 8.06. The zero-order valence-corrected chi connectivity index (χ0v) is 11.3. The van der Waals surface area contributed by atoms with Crippen LogP contribution in [0.15, 0.2) is 12.1 Å². The average molecular weight is 257 g/mol. The van der Waals surface area contributed by atoms with E-state index in [1.807, 2.05) is 13.8 Å². The highest BCUT2D eigenvalue weighted by Gasteiger charge is 2.07. The fraction of sp³-hybridized carbons (Fsp3) is 0.500. The third-order valence-electron chi connectivity index (χ3n) is 2.70. The highest BCUT2D eigenvalue weighted by molar-refractivity contribution is 7.73. The number of hydrogen-bond acceptors (Lipinski definition) is 3. The summed E-state index contributed by atoms with van der Waals surface area (Å²) in [7, 11) is -2.62. The van der Waals surface area contributed by atoms with Gasteiger partial charge in [-0.3, -0.25) is 4.72 Å². The maximum Gasteiger partial charge on any atom is 0.222 e. The van der Waals surface area contributed by atoms with Crippen molar-refractivity contribution >= 4 is 16.6 Å². The maximum absolute atomic E-state index is 10.6. The molecule has 0 bridgehead atoms. The van der Waals surface area contributed by atoms with Crippen LogP contribution in [0.4, 0.5) is 5.69 Å². The Bertz CT molecular complexity index is 447. The Kier molecular flexibility index (Phi) is 5.28. The summed E-state index contributed by atoms with van der Waals surface area (Å²) < 4.78 is 29.3. The minimum absolute atomic E-state index is 0.612. The van der Waals surface area contributed by atoms with Gasteiger partial charge in [-0.25, -0.2) is 8.42 Å². The highest BCUT2D eigenvalue weighted by atomic mass is 32.2. The second kappa shape index (κ2) is 6.49. The molecule has 0 radical (unpaired) electrons. The number of unbranched alkanes of at least 4 members (excludes halogenated alkanes) is 1. The van der Waals surface area contributed by atoms with Crippen molar-refractivity contribution in [1.29, 1.82) is 0 Å². The molecule has 1 N–H and O–H groups in total. The minimum Gasteiger partial charge on any atom is -0.493 e. The van der Waals surface area contributed by atoms with Crippen molar-refractivity contribution in [3.05, 3.63) is 23.3 Å². The second-order valence-corrected chi connectivity index (χ2v) is 4.67. The van der Waals surface area contributed by atoms with Crippen LogP contribution in [0.2, 0.25) is 0 Å². The van der Waals surface area contributed by atoms with Crippen LogP contribution in [0.25, 0.3) is 0 Å². The lowest BCUT2D eigenvalue weighted by Crippen LogP contribution is -2.02. The quantitative estimate of drug-likeness (QED) is 0.608. The van der Waals surface area contributed by atoms with E-state index >= 15 is 0 Å².